The van der Waals surface area contributed by atoms with Crippen LogP contribution in [0.2, 0.25) is 0 Å². The minimum Gasteiger partial charge on any atom is -0.480 e. The third kappa shape index (κ3) is 2.71. The summed E-state index contributed by atoms with van der Waals surface area (Å²) in [6.45, 7) is 4.05. The van der Waals surface area contributed by atoms with Gasteiger partial charge in [0.2, 0.25) is 0 Å². The number of unbranched alkanes of at least 4 members (excludes halogenated alkanes) is 1. The molecule has 1 atom stereocenters. The number of hydrogen-bond acceptors (Lipinski definition) is 2. The molecule has 1 fully saturated rings. The summed E-state index contributed by atoms with van der Waals surface area (Å²) in [5.41, 5.74) is -0.656. The standard InChI is InChI=1S/C11H21NO2/c1-3-5-8-11(4-2,10(13)14)12-9-6-7-9/h9,12H,3-8H2,1-2H3,(H,13,14). The van der Waals surface area contributed by atoms with Crippen LogP contribution in [0.25, 0.3) is 0 Å². The maximum absolute atomic E-state index is 11.3. The minimum atomic E-state index is -0.680. The Labute approximate surface area is 85.9 Å². The topological polar surface area (TPSA) is 49.3 Å². The Balaban J connectivity index is 2.57. The van der Waals surface area contributed by atoms with E-state index in [-0.39, 0.29) is 0 Å². The van der Waals surface area contributed by atoms with Gasteiger partial charge in [-0.2, -0.15) is 0 Å². The van der Waals surface area contributed by atoms with Crippen molar-refractivity contribution in [3.63, 3.8) is 0 Å². The fraction of sp³-hybridized carbons (Fsp3) is 0.909. The third-order valence-electron chi connectivity index (χ3n) is 3.03. The van der Waals surface area contributed by atoms with Crippen LogP contribution >= 0.6 is 0 Å². The van der Waals surface area contributed by atoms with Crippen molar-refractivity contribution in [2.75, 3.05) is 0 Å². The smallest absolute Gasteiger partial charge is 0.323 e. The van der Waals surface area contributed by atoms with Crippen molar-refractivity contribution in [1.29, 1.82) is 0 Å². The number of carboxylic acid groups (broad SMARTS) is 1. The van der Waals surface area contributed by atoms with E-state index in [1.807, 2.05) is 6.92 Å². The van der Waals surface area contributed by atoms with Crippen LogP contribution < -0.4 is 5.32 Å². The van der Waals surface area contributed by atoms with Crippen molar-refractivity contribution in [2.45, 2.75) is 64.0 Å². The molecule has 0 amide bonds. The van der Waals surface area contributed by atoms with E-state index in [0.29, 0.717) is 12.5 Å². The average Bonchev–Trinajstić information content (AvgIpc) is 2.95. The number of rotatable bonds is 7. The summed E-state index contributed by atoms with van der Waals surface area (Å²) < 4.78 is 0. The Bertz CT molecular complexity index is 201. The molecule has 0 radical (unpaired) electrons. The molecule has 1 rings (SSSR count). The molecule has 1 saturated carbocycles. The highest BCUT2D eigenvalue weighted by atomic mass is 16.4. The molecule has 1 unspecified atom stereocenters. The fourth-order valence-corrected chi connectivity index (χ4v) is 1.77. The summed E-state index contributed by atoms with van der Waals surface area (Å²) in [6, 6.07) is 0.461. The monoisotopic (exact) mass is 199 g/mol. The summed E-state index contributed by atoms with van der Waals surface area (Å²) in [7, 11) is 0. The summed E-state index contributed by atoms with van der Waals surface area (Å²) in [6.07, 6.45) is 5.76. The maximum Gasteiger partial charge on any atom is 0.323 e. The van der Waals surface area contributed by atoms with Crippen molar-refractivity contribution in [3.8, 4) is 0 Å². The average molecular weight is 199 g/mol. The molecule has 0 aromatic carbocycles. The van der Waals surface area contributed by atoms with E-state index in [9.17, 15) is 9.90 Å². The predicted molar refractivity (Wildman–Crippen MR) is 56.3 cm³/mol. The lowest BCUT2D eigenvalue weighted by atomic mass is 9.89. The normalized spacial score (nSPS) is 20.4. The Morgan fingerprint density at radius 2 is 2.14 bits per heavy atom. The zero-order chi connectivity index (χ0) is 10.6. The molecule has 0 aromatic heterocycles. The van der Waals surface area contributed by atoms with E-state index in [0.717, 1.165) is 32.1 Å². The molecule has 3 nitrogen and oxygen atoms in total. The van der Waals surface area contributed by atoms with E-state index in [1.54, 1.807) is 0 Å². The van der Waals surface area contributed by atoms with Gasteiger partial charge in [-0.1, -0.05) is 26.7 Å². The van der Waals surface area contributed by atoms with E-state index in [1.165, 1.54) is 0 Å². The molecule has 0 spiro atoms. The first-order chi connectivity index (χ1) is 6.64. The zero-order valence-corrected chi connectivity index (χ0v) is 9.18. The highest BCUT2D eigenvalue weighted by Crippen LogP contribution is 2.27. The minimum absolute atomic E-state index is 0.461. The molecule has 0 heterocycles. The zero-order valence-electron chi connectivity index (χ0n) is 9.18. The van der Waals surface area contributed by atoms with Gasteiger partial charge in [-0.05, 0) is 25.7 Å². The molecule has 2 N–H and O–H groups in total. The molecule has 0 bridgehead atoms. The van der Waals surface area contributed by atoms with Gasteiger partial charge in [0.1, 0.15) is 5.54 Å². The van der Waals surface area contributed by atoms with Crippen LogP contribution in [0, 0.1) is 0 Å². The van der Waals surface area contributed by atoms with Crippen LogP contribution in [0.1, 0.15) is 52.4 Å². The molecule has 82 valence electrons. The number of carbonyl (C=O) groups is 1. The SMILES string of the molecule is CCCCC(CC)(NC1CC1)C(=O)O. The molecular weight excluding hydrogens is 178 g/mol. The molecule has 0 saturated heterocycles. The number of nitrogens with one attached hydrogen (secondary N) is 1. The van der Waals surface area contributed by atoms with E-state index >= 15 is 0 Å². The first kappa shape index (κ1) is 11.5. The van der Waals surface area contributed by atoms with Gasteiger partial charge < -0.3 is 5.11 Å². The van der Waals surface area contributed by atoms with E-state index < -0.39 is 11.5 Å². The lowest BCUT2D eigenvalue weighted by Crippen LogP contribution is -2.52. The Kier molecular flexibility index (Phi) is 3.93. The number of aliphatic carboxylic acids is 1. The van der Waals surface area contributed by atoms with Gasteiger partial charge in [0, 0.05) is 6.04 Å². The molecule has 1 aliphatic carbocycles. The molecule has 3 heteroatoms. The Morgan fingerprint density at radius 3 is 2.50 bits per heavy atom. The van der Waals surface area contributed by atoms with Crippen LogP contribution in [-0.2, 0) is 4.79 Å². The number of carboxylic acids is 1. The van der Waals surface area contributed by atoms with Crippen molar-refractivity contribution >= 4 is 5.97 Å². The summed E-state index contributed by atoms with van der Waals surface area (Å²) in [5.74, 6) is -0.680. The fourth-order valence-electron chi connectivity index (χ4n) is 1.77. The van der Waals surface area contributed by atoms with Gasteiger partial charge in [-0.3, -0.25) is 10.1 Å². The van der Waals surface area contributed by atoms with E-state index in [2.05, 4.69) is 12.2 Å². The van der Waals surface area contributed by atoms with Gasteiger partial charge >= 0.3 is 5.97 Å². The highest BCUT2D eigenvalue weighted by Gasteiger charge is 2.40. The first-order valence-corrected chi connectivity index (χ1v) is 5.65. The van der Waals surface area contributed by atoms with Crippen LogP contribution in [0.4, 0.5) is 0 Å². The van der Waals surface area contributed by atoms with Gasteiger partial charge in [0.15, 0.2) is 0 Å². The summed E-state index contributed by atoms with van der Waals surface area (Å²) in [5, 5.41) is 12.6. The molecule has 0 aromatic rings. The third-order valence-corrected chi connectivity index (χ3v) is 3.03. The van der Waals surface area contributed by atoms with Crippen LogP contribution in [-0.4, -0.2) is 22.7 Å². The Hall–Kier alpha value is -0.570. The predicted octanol–water partition coefficient (Wildman–Crippen LogP) is 2.16. The second-order valence-electron chi connectivity index (χ2n) is 4.26. The second-order valence-corrected chi connectivity index (χ2v) is 4.26. The first-order valence-electron chi connectivity index (χ1n) is 5.65. The van der Waals surface area contributed by atoms with Crippen molar-refractivity contribution < 1.29 is 9.90 Å². The van der Waals surface area contributed by atoms with Crippen molar-refractivity contribution in [3.05, 3.63) is 0 Å². The quantitative estimate of drug-likeness (QED) is 0.660. The van der Waals surface area contributed by atoms with Crippen molar-refractivity contribution in [2.24, 2.45) is 0 Å². The lowest BCUT2D eigenvalue weighted by Gasteiger charge is -2.29. The van der Waals surface area contributed by atoms with Gasteiger partial charge in [-0.25, -0.2) is 0 Å². The van der Waals surface area contributed by atoms with E-state index in [4.69, 9.17) is 0 Å². The highest BCUT2D eigenvalue weighted by molar-refractivity contribution is 5.78. The van der Waals surface area contributed by atoms with Crippen LogP contribution in [0.5, 0.6) is 0 Å². The largest absolute Gasteiger partial charge is 0.480 e. The van der Waals surface area contributed by atoms with Crippen LogP contribution in [0.3, 0.4) is 0 Å². The molecule has 14 heavy (non-hydrogen) atoms. The van der Waals surface area contributed by atoms with Crippen LogP contribution in [0.15, 0.2) is 0 Å². The molecular formula is C11H21NO2. The van der Waals surface area contributed by atoms with Gasteiger partial charge in [-0.15, -0.1) is 0 Å². The Morgan fingerprint density at radius 1 is 1.50 bits per heavy atom. The summed E-state index contributed by atoms with van der Waals surface area (Å²) in [4.78, 5) is 11.3. The van der Waals surface area contributed by atoms with Gasteiger partial charge in [0.05, 0.1) is 0 Å². The summed E-state index contributed by atoms with van der Waals surface area (Å²) >= 11 is 0. The van der Waals surface area contributed by atoms with Crippen molar-refractivity contribution in [1.82, 2.24) is 5.32 Å². The molecule has 0 aliphatic heterocycles. The lowest BCUT2D eigenvalue weighted by molar-refractivity contribution is -0.145. The maximum atomic E-state index is 11.3. The van der Waals surface area contributed by atoms with Gasteiger partial charge in [0.25, 0.3) is 0 Å². The number of hydrogen-bond donors (Lipinski definition) is 2. The second kappa shape index (κ2) is 4.78. The molecule has 1 aliphatic rings.